The molecule has 1 aromatic rings. The molecule has 0 radical (unpaired) electrons. The van der Waals surface area contributed by atoms with E-state index in [4.69, 9.17) is 37.6 Å². The average Bonchev–Trinajstić information content (AvgIpc) is 2.44. The van der Waals surface area contributed by atoms with Gasteiger partial charge in [0.15, 0.2) is 13.4 Å². The first kappa shape index (κ1) is 23.2. The van der Waals surface area contributed by atoms with Crippen molar-refractivity contribution < 1.29 is 58.2 Å². The number of halogens is 2. The van der Waals surface area contributed by atoms with Gasteiger partial charge in [-0.05, 0) is 37.1 Å². The van der Waals surface area contributed by atoms with Crippen LogP contribution in [0.25, 0.3) is 0 Å². The molecular formula is C13H16Cl2NaO6P. The van der Waals surface area contributed by atoms with E-state index < -0.39 is 25.0 Å². The van der Waals surface area contributed by atoms with Gasteiger partial charge in [-0.1, -0.05) is 36.5 Å². The van der Waals surface area contributed by atoms with Gasteiger partial charge in [-0.3, -0.25) is 0 Å². The summed E-state index contributed by atoms with van der Waals surface area (Å²) < 4.78 is 21.0. The van der Waals surface area contributed by atoms with Gasteiger partial charge in [-0.2, -0.15) is 0 Å². The summed E-state index contributed by atoms with van der Waals surface area (Å²) in [6.45, 7) is 1.83. The van der Waals surface area contributed by atoms with Gasteiger partial charge in [-0.25, -0.2) is 4.79 Å². The summed E-state index contributed by atoms with van der Waals surface area (Å²) in [6, 6.07) is 6.05. The molecule has 0 aliphatic carbocycles. The summed E-state index contributed by atoms with van der Waals surface area (Å²) in [6.07, 6.45) is 1.14. The van der Waals surface area contributed by atoms with E-state index in [1.807, 2.05) is 6.92 Å². The van der Waals surface area contributed by atoms with E-state index in [-0.39, 0.29) is 41.7 Å². The molecule has 3 atom stereocenters. The second-order valence-corrected chi connectivity index (χ2v) is 7.02. The largest absolute Gasteiger partial charge is 1.00 e. The number of esters is 1. The van der Waals surface area contributed by atoms with Crippen LogP contribution in [0.4, 0.5) is 0 Å². The predicted molar refractivity (Wildman–Crippen MR) is 81.0 cm³/mol. The van der Waals surface area contributed by atoms with E-state index in [1.165, 1.54) is 24.3 Å². The Morgan fingerprint density at radius 2 is 1.96 bits per heavy atom. The summed E-state index contributed by atoms with van der Waals surface area (Å²) in [5.74, 6) is -2.46. The number of hydrogen-bond acceptors (Lipinski definition) is 5. The average molecular weight is 393 g/mol. The van der Waals surface area contributed by atoms with Gasteiger partial charge in [0.05, 0.1) is 0 Å². The van der Waals surface area contributed by atoms with Crippen molar-refractivity contribution in [2.75, 3.05) is 0 Å². The minimum atomic E-state index is -4.81. The Hall–Kier alpha value is 0.220. The molecule has 0 aliphatic rings. The normalized spacial score (nSPS) is 15.7. The molecule has 0 fully saturated rings. The number of carbonyl (C=O) groups is 1. The molecule has 0 aromatic heterocycles. The van der Waals surface area contributed by atoms with Gasteiger partial charge in [0, 0.05) is 5.02 Å². The van der Waals surface area contributed by atoms with Crippen LogP contribution in [0.2, 0.25) is 5.02 Å². The summed E-state index contributed by atoms with van der Waals surface area (Å²) >= 11 is 11.4. The van der Waals surface area contributed by atoms with Crippen LogP contribution in [0.3, 0.4) is 0 Å². The molecule has 0 saturated carbocycles. The van der Waals surface area contributed by atoms with Crippen molar-refractivity contribution in [3.05, 3.63) is 29.3 Å². The number of benzene rings is 1. The van der Waals surface area contributed by atoms with Crippen LogP contribution in [0, 0.1) is 0 Å². The first-order valence-corrected chi connectivity index (χ1v) is 9.00. The molecule has 0 bridgehead atoms. The zero-order valence-corrected chi connectivity index (χ0v) is 17.2. The van der Waals surface area contributed by atoms with Crippen LogP contribution >= 0.6 is 30.8 Å². The fourth-order valence-corrected chi connectivity index (χ4v) is 2.56. The van der Waals surface area contributed by atoms with Gasteiger partial charge < -0.3 is 23.8 Å². The maximum Gasteiger partial charge on any atom is 1.00 e. The van der Waals surface area contributed by atoms with Crippen LogP contribution in [-0.2, 0) is 14.1 Å². The first-order valence-electron chi connectivity index (χ1n) is 6.54. The van der Waals surface area contributed by atoms with Gasteiger partial charge in [0.1, 0.15) is 5.75 Å². The number of alkyl halides is 1. The summed E-state index contributed by atoms with van der Waals surface area (Å²) in [5.41, 5.74) is -1.54. The molecule has 0 aliphatic heterocycles. The van der Waals surface area contributed by atoms with Gasteiger partial charge in [0.25, 0.3) is 5.56 Å². The monoisotopic (exact) mass is 392 g/mol. The van der Waals surface area contributed by atoms with Crippen LogP contribution in [0.1, 0.15) is 26.2 Å². The van der Waals surface area contributed by atoms with Crippen molar-refractivity contribution >= 4 is 36.8 Å². The SMILES string of the molecule is CCCCC(OC(=O)C(Cl)Oc1ccc(Cl)cc1)P(=O)([O-])O.[Na+]. The standard InChI is InChI=1S/C13H17Cl2O6P.Na/c1-2-3-4-11(22(17,18)19)21-13(16)12(15)20-10-7-5-9(14)6-8-10;/h5-8,11-12H,2-4H2,1H3,(H2,17,18,19);/q;+1/p-1. The number of ether oxygens (including phenoxy) is 2. The molecule has 1 aromatic carbocycles. The topological polar surface area (TPSA) is 95.9 Å². The summed E-state index contributed by atoms with van der Waals surface area (Å²) in [7, 11) is -4.81. The molecule has 23 heavy (non-hydrogen) atoms. The molecule has 1 N–H and O–H groups in total. The van der Waals surface area contributed by atoms with Gasteiger partial charge >= 0.3 is 35.5 Å². The fourth-order valence-electron chi connectivity index (χ4n) is 1.54. The third-order valence-electron chi connectivity index (χ3n) is 2.66. The molecule has 10 heteroatoms. The molecule has 124 valence electrons. The van der Waals surface area contributed by atoms with Crippen LogP contribution in [0.15, 0.2) is 24.3 Å². The van der Waals surface area contributed by atoms with Crippen molar-refractivity contribution in [3.8, 4) is 5.75 Å². The van der Waals surface area contributed by atoms with Crippen molar-refractivity contribution in [2.45, 2.75) is 37.6 Å². The Morgan fingerprint density at radius 3 is 2.43 bits per heavy atom. The Kier molecular flexibility index (Phi) is 11.1. The Labute approximate surface area is 166 Å². The van der Waals surface area contributed by atoms with Crippen molar-refractivity contribution in [3.63, 3.8) is 0 Å². The van der Waals surface area contributed by atoms with E-state index in [2.05, 4.69) is 0 Å². The smallest absolute Gasteiger partial charge is 0.776 e. The zero-order valence-electron chi connectivity index (χ0n) is 12.8. The quantitative estimate of drug-likeness (QED) is 0.287. The Bertz CT molecular complexity index is 536. The zero-order chi connectivity index (χ0) is 16.8. The maximum atomic E-state index is 11.8. The van der Waals surface area contributed by atoms with E-state index in [9.17, 15) is 14.3 Å². The number of hydrogen-bond donors (Lipinski definition) is 1. The Morgan fingerprint density at radius 1 is 1.39 bits per heavy atom. The van der Waals surface area contributed by atoms with Crippen LogP contribution in [0.5, 0.6) is 5.75 Å². The Balaban J connectivity index is 0.00000484. The fraction of sp³-hybridized carbons (Fsp3) is 0.462. The van der Waals surface area contributed by atoms with Gasteiger partial charge in [0.2, 0.25) is 0 Å². The third kappa shape index (κ3) is 8.75. The number of unbranched alkanes of at least 4 members (excludes halogenated alkanes) is 1. The number of carbonyl (C=O) groups excluding carboxylic acids is 1. The molecule has 0 spiro atoms. The molecule has 1 rings (SSSR count). The molecule has 0 saturated heterocycles. The molecular weight excluding hydrogens is 377 g/mol. The minimum absolute atomic E-state index is 0. The molecule has 3 unspecified atom stereocenters. The molecule has 0 amide bonds. The van der Waals surface area contributed by atoms with Crippen LogP contribution < -0.4 is 39.2 Å². The second kappa shape index (κ2) is 11.0. The van der Waals surface area contributed by atoms with Gasteiger partial charge in [-0.15, -0.1) is 0 Å². The number of rotatable bonds is 8. The van der Waals surface area contributed by atoms with Crippen molar-refractivity contribution in [1.29, 1.82) is 0 Å². The summed E-state index contributed by atoms with van der Waals surface area (Å²) in [4.78, 5) is 32.0. The maximum absolute atomic E-state index is 11.8. The second-order valence-electron chi connectivity index (χ2n) is 4.49. The first-order chi connectivity index (χ1) is 10.2. The summed E-state index contributed by atoms with van der Waals surface area (Å²) in [5, 5.41) is 0.480. The third-order valence-corrected chi connectivity index (χ3v) is 4.27. The van der Waals surface area contributed by atoms with E-state index >= 15 is 0 Å². The molecule has 0 heterocycles. The van der Waals surface area contributed by atoms with E-state index in [1.54, 1.807) is 0 Å². The molecule has 6 nitrogen and oxygen atoms in total. The van der Waals surface area contributed by atoms with E-state index in [0.29, 0.717) is 17.9 Å². The minimum Gasteiger partial charge on any atom is -0.776 e. The van der Waals surface area contributed by atoms with Crippen molar-refractivity contribution in [1.82, 2.24) is 0 Å². The van der Waals surface area contributed by atoms with Crippen molar-refractivity contribution in [2.24, 2.45) is 0 Å². The predicted octanol–water partition coefficient (Wildman–Crippen LogP) is -0.107. The van der Waals surface area contributed by atoms with E-state index in [0.717, 1.165) is 0 Å². The van der Waals surface area contributed by atoms with Crippen LogP contribution in [-0.4, -0.2) is 22.3 Å².